The van der Waals surface area contributed by atoms with E-state index in [4.69, 9.17) is 4.74 Å². The number of nitrogens with zero attached hydrogens (tertiary/aromatic N) is 1. The maximum absolute atomic E-state index is 12.9. The number of rotatable bonds is 3. The average molecular weight is 330 g/mol. The molecule has 1 aliphatic carbocycles. The van der Waals surface area contributed by atoms with Gasteiger partial charge in [-0.3, -0.25) is 9.69 Å². The van der Waals surface area contributed by atoms with Gasteiger partial charge in [0.1, 0.15) is 0 Å². The van der Waals surface area contributed by atoms with E-state index in [0.29, 0.717) is 12.5 Å². The van der Waals surface area contributed by atoms with Crippen molar-refractivity contribution in [1.82, 2.24) is 10.2 Å². The second kappa shape index (κ2) is 6.82. The Morgan fingerprint density at radius 3 is 2.83 bits per heavy atom. The number of ether oxygens (including phenoxy) is 1. The fourth-order valence-corrected chi connectivity index (χ4v) is 4.52. The Hall–Kier alpha value is -1.43. The van der Waals surface area contributed by atoms with Crippen molar-refractivity contribution < 1.29 is 14.6 Å². The Morgan fingerprint density at radius 2 is 2.00 bits per heavy atom. The Labute approximate surface area is 143 Å². The standard InChI is InChI=1S/C19H26N2O3/c22-17-12-13-4-1-2-5-15(13)18(17)20-19(23)16-6-3-9-21(16)14-7-10-24-11-8-14/h1-2,4-5,14,16-18,22H,3,6-12H2,(H,20,23)/t16-,17-,18+/m0/s1. The topological polar surface area (TPSA) is 61.8 Å². The van der Waals surface area contributed by atoms with E-state index in [-0.39, 0.29) is 18.0 Å². The first kappa shape index (κ1) is 16.1. The molecule has 0 saturated carbocycles. The van der Waals surface area contributed by atoms with E-state index in [0.717, 1.165) is 56.6 Å². The summed E-state index contributed by atoms with van der Waals surface area (Å²) in [6, 6.07) is 8.13. The van der Waals surface area contributed by atoms with Crippen LogP contribution >= 0.6 is 0 Å². The molecule has 2 N–H and O–H groups in total. The van der Waals surface area contributed by atoms with Crippen LogP contribution in [0.3, 0.4) is 0 Å². The summed E-state index contributed by atoms with van der Waals surface area (Å²) in [5.74, 6) is 0.0692. The summed E-state index contributed by atoms with van der Waals surface area (Å²) in [7, 11) is 0. The number of carbonyl (C=O) groups excluding carboxylic acids is 1. The number of carbonyl (C=O) groups is 1. The van der Waals surface area contributed by atoms with Gasteiger partial charge in [-0.15, -0.1) is 0 Å². The molecule has 3 aliphatic rings. The summed E-state index contributed by atoms with van der Waals surface area (Å²) in [5, 5.41) is 13.5. The number of aliphatic hydroxyl groups excluding tert-OH is 1. The molecule has 2 saturated heterocycles. The number of benzene rings is 1. The van der Waals surface area contributed by atoms with Crippen LogP contribution in [0.4, 0.5) is 0 Å². The maximum atomic E-state index is 12.9. The Kier molecular flexibility index (Phi) is 4.57. The Bertz CT molecular complexity index is 600. The normalized spacial score (nSPS) is 31.1. The molecule has 4 rings (SSSR count). The molecule has 0 aromatic heterocycles. The van der Waals surface area contributed by atoms with Crippen LogP contribution < -0.4 is 5.32 Å². The van der Waals surface area contributed by atoms with Crippen molar-refractivity contribution in [2.75, 3.05) is 19.8 Å². The second-order valence-electron chi connectivity index (χ2n) is 7.20. The maximum Gasteiger partial charge on any atom is 0.237 e. The van der Waals surface area contributed by atoms with E-state index < -0.39 is 6.10 Å². The first-order chi connectivity index (χ1) is 11.7. The van der Waals surface area contributed by atoms with E-state index in [2.05, 4.69) is 10.2 Å². The molecule has 0 bridgehead atoms. The average Bonchev–Trinajstić information content (AvgIpc) is 3.21. The molecule has 0 radical (unpaired) electrons. The van der Waals surface area contributed by atoms with Gasteiger partial charge in [-0.05, 0) is 43.4 Å². The predicted octanol–water partition coefficient (Wildman–Crippen LogP) is 1.40. The molecule has 3 atom stereocenters. The zero-order valence-electron chi connectivity index (χ0n) is 14.0. The third kappa shape index (κ3) is 2.96. The van der Waals surface area contributed by atoms with E-state index in [1.807, 2.05) is 24.3 Å². The number of nitrogens with one attached hydrogen (secondary N) is 1. The quantitative estimate of drug-likeness (QED) is 0.880. The second-order valence-corrected chi connectivity index (χ2v) is 7.20. The highest BCUT2D eigenvalue weighted by Crippen LogP contribution is 2.32. The lowest BCUT2D eigenvalue weighted by atomic mass is 10.0. The minimum absolute atomic E-state index is 0.0620. The van der Waals surface area contributed by atoms with Gasteiger partial charge in [-0.1, -0.05) is 24.3 Å². The Balaban J connectivity index is 1.45. The molecule has 24 heavy (non-hydrogen) atoms. The van der Waals surface area contributed by atoms with Crippen molar-refractivity contribution in [3.8, 4) is 0 Å². The van der Waals surface area contributed by atoms with E-state index in [1.54, 1.807) is 0 Å². The van der Waals surface area contributed by atoms with Crippen molar-refractivity contribution in [2.45, 2.75) is 56.3 Å². The number of amides is 1. The van der Waals surface area contributed by atoms with Gasteiger partial charge in [-0.2, -0.15) is 0 Å². The van der Waals surface area contributed by atoms with Crippen LogP contribution in [0.2, 0.25) is 0 Å². The van der Waals surface area contributed by atoms with Gasteiger partial charge in [0.25, 0.3) is 0 Å². The fourth-order valence-electron chi connectivity index (χ4n) is 4.52. The lowest BCUT2D eigenvalue weighted by Crippen LogP contribution is -2.50. The first-order valence-corrected chi connectivity index (χ1v) is 9.14. The third-order valence-electron chi connectivity index (χ3n) is 5.76. The van der Waals surface area contributed by atoms with E-state index >= 15 is 0 Å². The van der Waals surface area contributed by atoms with E-state index in [9.17, 15) is 9.90 Å². The summed E-state index contributed by atoms with van der Waals surface area (Å²) in [5.41, 5.74) is 2.21. The lowest BCUT2D eigenvalue weighted by Gasteiger charge is -2.35. The van der Waals surface area contributed by atoms with Crippen LogP contribution in [-0.2, 0) is 16.0 Å². The van der Waals surface area contributed by atoms with Crippen LogP contribution in [0.15, 0.2) is 24.3 Å². The van der Waals surface area contributed by atoms with E-state index in [1.165, 1.54) is 0 Å². The minimum Gasteiger partial charge on any atom is -0.390 e. The molecule has 1 aromatic rings. The monoisotopic (exact) mass is 330 g/mol. The van der Waals surface area contributed by atoms with Crippen molar-refractivity contribution in [3.63, 3.8) is 0 Å². The number of hydrogen-bond donors (Lipinski definition) is 2. The largest absolute Gasteiger partial charge is 0.390 e. The fraction of sp³-hybridized carbons (Fsp3) is 0.632. The van der Waals surface area contributed by atoms with Gasteiger partial charge in [-0.25, -0.2) is 0 Å². The zero-order chi connectivity index (χ0) is 16.5. The smallest absolute Gasteiger partial charge is 0.237 e. The summed E-state index contributed by atoms with van der Waals surface area (Å²) in [6.07, 6.45) is 4.10. The van der Waals surface area contributed by atoms with Crippen molar-refractivity contribution >= 4 is 5.91 Å². The number of fused-ring (bicyclic) bond motifs is 1. The van der Waals surface area contributed by atoms with Gasteiger partial charge in [0.15, 0.2) is 0 Å². The number of aliphatic hydroxyl groups is 1. The summed E-state index contributed by atoms with van der Waals surface area (Å²) in [6.45, 7) is 2.58. The van der Waals surface area contributed by atoms with Crippen molar-refractivity contribution in [3.05, 3.63) is 35.4 Å². The predicted molar refractivity (Wildman–Crippen MR) is 90.6 cm³/mol. The van der Waals surface area contributed by atoms with Gasteiger partial charge in [0, 0.05) is 25.7 Å². The summed E-state index contributed by atoms with van der Waals surface area (Å²) < 4.78 is 5.46. The highest BCUT2D eigenvalue weighted by Gasteiger charge is 2.39. The molecule has 130 valence electrons. The SMILES string of the molecule is O=C(N[C@@H]1c2ccccc2C[C@@H]1O)[C@@H]1CCCN1C1CCOCC1. The number of hydrogen-bond acceptors (Lipinski definition) is 4. The van der Waals surface area contributed by atoms with Crippen molar-refractivity contribution in [1.29, 1.82) is 0 Å². The zero-order valence-corrected chi connectivity index (χ0v) is 14.0. The van der Waals surface area contributed by atoms with Crippen LogP contribution in [0.5, 0.6) is 0 Å². The molecule has 0 spiro atoms. The third-order valence-corrected chi connectivity index (χ3v) is 5.76. The molecule has 1 aromatic carbocycles. The summed E-state index contributed by atoms with van der Waals surface area (Å²) in [4.78, 5) is 15.3. The number of likely N-dealkylation sites (tertiary alicyclic amines) is 1. The molecule has 2 fully saturated rings. The molecule has 5 nitrogen and oxygen atoms in total. The summed E-state index contributed by atoms with van der Waals surface area (Å²) >= 11 is 0. The van der Waals surface area contributed by atoms with Crippen molar-refractivity contribution in [2.24, 2.45) is 0 Å². The van der Waals surface area contributed by atoms with Gasteiger partial charge >= 0.3 is 0 Å². The van der Waals surface area contributed by atoms with Gasteiger partial charge in [0.05, 0.1) is 18.2 Å². The van der Waals surface area contributed by atoms with Crippen LogP contribution in [-0.4, -0.2) is 53.9 Å². The lowest BCUT2D eigenvalue weighted by molar-refractivity contribution is -0.128. The molecule has 5 heteroatoms. The highest BCUT2D eigenvalue weighted by molar-refractivity contribution is 5.82. The minimum atomic E-state index is -0.524. The van der Waals surface area contributed by atoms with Crippen LogP contribution in [0.1, 0.15) is 42.9 Å². The molecular formula is C19H26N2O3. The van der Waals surface area contributed by atoms with Crippen LogP contribution in [0.25, 0.3) is 0 Å². The molecule has 0 unspecified atom stereocenters. The first-order valence-electron chi connectivity index (χ1n) is 9.14. The van der Waals surface area contributed by atoms with Gasteiger partial charge in [0.2, 0.25) is 5.91 Å². The molecule has 2 aliphatic heterocycles. The molecule has 2 heterocycles. The molecule has 1 amide bonds. The highest BCUT2D eigenvalue weighted by atomic mass is 16.5. The van der Waals surface area contributed by atoms with Crippen LogP contribution in [0, 0.1) is 0 Å². The van der Waals surface area contributed by atoms with Gasteiger partial charge < -0.3 is 15.2 Å². The Morgan fingerprint density at radius 1 is 1.21 bits per heavy atom. The molecular weight excluding hydrogens is 304 g/mol.